The van der Waals surface area contributed by atoms with Gasteiger partial charge in [-0.3, -0.25) is 4.79 Å². The maximum Gasteiger partial charge on any atom is 0.256 e. The van der Waals surface area contributed by atoms with Gasteiger partial charge in [0, 0.05) is 16.0 Å². The Balaban J connectivity index is 1.98. The Morgan fingerprint density at radius 3 is 2.83 bits per heavy atom. The van der Waals surface area contributed by atoms with Gasteiger partial charge in [-0.15, -0.1) is 11.3 Å². The summed E-state index contributed by atoms with van der Waals surface area (Å²) in [5.41, 5.74) is -0.0234. The van der Waals surface area contributed by atoms with Crippen LogP contribution in [0, 0.1) is 5.95 Å². The third-order valence-corrected chi connectivity index (χ3v) is 3.72. The Hall–Kier alpha value is -1.75. The molecule has 1 amide bonds. The molecule has 0 radical (unpaired) electrons. The summed E-state index contributed by atoms with van der Waals surface area (Å²) in [5, 5.41) is 2.68. The summed E-state index contributed by atoms with van der Waals surface area (Å²) in [6.45, 7) is 2.50. The summed E-state index contributed by atoms with van der Waals surface area (Å²) >= 11 is 1.65. The van der Waals surface area contributed by atoms with Gasteiger partial charge < -0.3 is 5.32 Å². The molecule has 0 bridgehead atoms. The van der Waals surface area contributed by atoms with Crippen LogP contribution in [-0.4, -0.2) is 10.9 Å². The molecular formula is C13H13FN2OS. The number of carbonyl (C=O) groups is 1. The van der Waals surface area contributed by atoms with Gasteiger partial charge >= 0.3 is 0 Å². The van der Waals surface area contributed by atoms with Crippen molar-refractivity contribution in [3.05, 3.63) is 51.7 Å². The van der Waals surface area contributed by atoms with Crippen LogP contribution < -0.4 is 5.32 Å². The molecule has 3 nitrogen and oxygen atoms in total. The van der Waals surface area contributed by atoms with Crippen molar-refractivity contribution in [1.29, 1.82) is 0 Å². The Bertz CT molecular complexity index is 553. The van der Waals surface area contributed by atoms with Crippen molar-refractivity contribution in [2.45, 2.75) is 19.9 Å². The van der Waals surface area contributed by atoms with E-state index in [9.17, 15) is 9.18 Å². The van der Waals surface area contributed by atoms with Crippen molar-refractivity contribution >= 4 is 17.2 Å². The number of amides is 1. The van der Waals surface area contributed by atoms with Gasteiger partial charge in [0.1, 0.15) is 0 Å². The number of aromatic nitrogens is 1. The molecule has 2 aromatic rings. The van der Waals surface area contributed by atoms with Gasteiger partial charge in [-0.05, 0) is 30.7 Å². The van der Waals surface area contributed by atoms with Crippen molar-refractivity contribution in [2.75, 3.05) is 0 Å². The third-order valence-electron chi connectivity index (χ3n) is 2.49. The summed E-state index contributed by atoms with van der Waals surface area (Å²) in [6.07, 6.45) is 2.30. The van der Waals surface area contributed by atoms with Crippen LogP contribution in [0.1, 0.15) is 27.0 Å². The van der Waals surface area contributed by atoms with Gasteiger partial charge in [-0.1, -0.05) is 6.92 Å². The molecule has 2 heterocycles. The van der Waals surface area contributed by atoms with Crippen LogP contribution in [0.15, 0.2) is 30.5 Å². The van der Waals surface area contributed by atoms with E-state index in [0.29, 0.717) is 6.54 Å². The van der Waals surface area contributed by atoms with Gasteiger partial charge in [-0.2, -0.15) is 4.39 Å². The van der Waals surface area contributed by atoms with Crippen LogP contribution >= 0.6 is 11.3 Å². The Morgan fingerprint density at radius 2 is 2.17 bits per heavy atom. The van der Waals surface area contributed by atoms with Crippen LogP contribution in [0.5, 0.6) is 0 Å². The van der Waals surface area contributed by atoms with Gasteiger partial charge in [0.05, 0.1) is 12.1 Å². The molecule has 0 saturated carbocycles. The first-order chi connectivity index (χ1) is 8.70. The number of nitrogens with zero attached hydrogens (tertiary/aromatic N) is 1. The largest absolute Gasteiger partial charge is 0.347 e. The normalized spacial score (nSPS) is 10.3. The molecule has 0 saturated heterocycles. The highest BCUT2D eigenvalue weighted by atomic mass is 32.1. The lowest BCUT2D eigenvalue weighted by atomic mass is 10.2. The average molecular weight is 264 g/mol. The number of carbonyl (C=O) groups excluding carboxylic acids is 1. The molecule has 0 atom stereocenters. The van der Waals surface area contributed by atoms with Crippen molar-refractivity contribution in [2.24, 2.45) is 0 Å². The third kappa shape index (κ3) is 2.92. The van der Waals surface area contributed by atoms with E-state index in [-0.39, 0.29) is 5.56 Å². The smallest absolute Gasteiger partial charge is 0.256 e. The number of halogens is 1. The maximum absolute atomic E-state index is 13.3. The van der Waals surface area contributed by atoms with E-state index in [1.807, 2.05) is 12.1 Å². The quantitative estimate of drug-likeness (QED) is 0.863. The second-order valence-electron chi connectivity index (χ2n) is 3.75. The minimum Gasteiger partial charge on any atom is -0.347 e. The zero-order valence-corrected chi connectivity index (χ0v) is 10.8. The van der Waals surface area contributed by atoms with E-state index in [1.54, 1.807) is 17.4 Å². The minimum atomic E-state index is -0.740. The average Bonchev–Trinajstić information content (AvgIpc) is 2.84. The molecule has 0 aliphatic rings. The topological polar surface area (TPSA) is 42.0 Å². The van der Waals surface area contributed by atoms with E-state index >= 15 is 0 Å². The highest BCUT2D eigenvalue weighted by Crippen LogP contribution is 2.16. The van der Waals surface area contributed by atoms with Crippen LogP contribution in [0.2, 0.25) is 0 Å². The van der Waals surface area contributed by atoms with E-state index < -0.39 is 11.9 Å². The van der Waals surface area contributed by atoms with Crippen LogP contribution in [0.25, 0.3) is 0 Å². The van der Waals surface area contributed by atoms with Crippen LogP contribution in [-0.2, 0) is 13.0 Å². The van der Waals surface area contributed by atoms with Crippen molar-refractivity contribution in [1.82, 2.24) is 10.3 Å². The predicted octanol–water partition coefficient (Wildman–Crippen LogP) is 2.77. The first kappa shape index (κ1) is 12.7. The number of hydrogen-bond donors (Lipinski definition) is 1. The standard InChI is InChI=1S/C13H13FN2OS/c1-2-9-5-6-10(18-9)8-16-13(17)11-4-3-7-15-12(11)14/h3-7H,2,8H2,1H3,(H,16,17). The first-order valence-corrected chi connectivity index (χ1v) is 6.48. The number of pyridine rings is 1. The molecule has 0 aliphatic carbocycles. The number of thiophene rings is 1. The van der Waals surface area contributed by atoms with Gasteiger partial charge in [-0.25, -0.2) is 4.98 Å². The van der Waals surface area contributed by atoms with E-state index in [0.717, 1.165) is 11.3 Å². The lowest BCUT2D eigenvalue weighted by Gasteiger charge is -2.03. The molecule has 2 rings (SSSR count). The fourth-order valence-corrected chi connectivity index (χ4v) is 2.42. The molecule has 1 N–H and O–H groups in total. The van der Waals surface area contributed by atoms with Gasteiger partial charge in [0.25, 0.3) is 5.91 Å². The van der Waals surface area contributed by atoms with Crippen LogP contribution in [0.4, 0.5) is 4.39 Å². The summed E-state index contributed by atoms with van der Waals surface area (Å²) in [6, 6.07) is 6.97. The lowest BCUT2D eigenvalue weighted by molar-refractivity contribution is 0.0946. The molecule has 2 aromatic heterocycles. The molecule has 0 aromatic carbocycles. The predicted molar refractivity (Wildman–Crippen MR) is 69.1 cm³/mol. The molecule has 0 aliphatic heterocycles. The van der Waals surface area contributed by atoms with Gasteiger partial charge in [0.15, 0.2) is 0 Å². The Labute approximate surface area is 109 Å². The molecule has 94 valence electrons. The number of hydrogen-bond acceptors (Lipinski definition) is 3. The Kier molecular flexibility index (Phi) is 4.04. The highest BCUT2D eigenvalue weighted by Gasteiger charge is 2.11. The zero-order chi connectivity index (χ0) is 13.0. The Morgan fingerprint density at radius 1 is 1.39 bits per heavy atom. The van der Waals surface area contributed by atoms with E-state index in [4.69, 9.17) is 0 Å². The highest BCUT2D eigenvalue weighted by molar-refractivity contribution is 7.11. The second-order valence-corrected chi connectivity index (χ2v) is 5.00. The molecule has 0 spiro atoms. The van der Waals surface area contributed by atoms with Crippen LogP contribution in [0.3, 0.4) is 0 Å². The second kappa shape index (κ2) is 5.73. The lowest BCUT2D eigenvalue weighted by Crippen LogP contribution is -2.23. The summed E-state index contributed by atoms with van der Waals surface area (Å²) in [5.74, 6) is -1.18. The zero-order valence-electron chi connectivity index (χ0n) is 9.94. The number of rotatable bonds is 4. The SMILES string of the molecule is CCc1ccc(CNC(=O)c2cccnc2F)s1. The summed E-state index contributed by atoms with van der Waals surface area (Å²) in [4.78, 5) is 17.5. The number of aryl methyl sites for hydroxylation is 1. The first-order valence-electron chi connectivity index (χ1n) is 5.67. The number of nitrogens with one attached hydrogen (secondary N) is 1. The molecule has 0 unspecified atom stereocenters. The van der Waals surface area contributed by atoms with E-state index in [2.05, 4.69) is 17.2 Å². The molecule has 0 fully saturated rings. The van der Waals surface area contributed by atoms with E-state index in [1.165, 1.54) is 17.1 Å². The minimum absolute atomic E-state index is 0.0234. The maximum atomic E-state index is 13.3. The summed E-state index contributed by atoms with van der Waals surface area (Å²) in [7, 11) is 0. The molecule has 5 heteroatoms. The fraction of sp³-hybridized carbons (Fsp3) is 0.231. The summed E-state index contributed by atoms with van der Waals surface area (Å²) < 4.78 is 13.3. The van der Waals surface area contributed by atoms with Crippen molar-refractivity contribution in [3.8, 4) is 0 Å². The van der Waals surface area contributed by atoms with Crippen molar-refractivity contribution in [3.63, 3.8) is 0 Å². The van der Waals surface area contributed by atoms with Crippen molar-refractivity contribution < 1.29 is 9.18 Å². The van der Waals surface area contributed by atoms with Gasteiger partial charge in [0.2, 0.25) is 5.95 Å². The molecular weight excluding hydrogens is 251 g/mol. The monoisotopic (exact) mass is 264 g/mol. The fourth-order valence-electron chi connectivity index (χ4n) is 1.53. The molecule has 18 heavy (non-hydrogen) atoms.